The number of anilines is 1. The molecular formula is C19H21IN2O3S. The predicted molar refractivity (Wildman–Crippen MR) is 111 cm³/mol. The maximum Gasteiger partial charge on any atom is 0.255 e. The molecule has 0 saturated carbocycles. The van der Waals surface area contributed by atoms with Crippen LogP contribution in [-0.4, -0.2) is 31.7 Å². The van der Waals surface area contributed by atoms with E-state index in [0.29, 0.717) is 24.3 Å². The number of hydrogen-bond acceptors (Lipinski definition) is 3. The summed E-state index contributed by atoms with van der Waals surface area (Å²) in [5.74, 6) is -0.254. The first-order valence-corrected chi connectivity index (χ1v) is 11.1. The monoisotopic (exact) mass is 484 g/mol. The maximum atomic E-state index is 12.8. The molecule has 2 aromatic rings. The highest BCUT2D eigenvalue weighted by atomic mass is 127. The number of aryl methyl sites for hydroxylation is 1. The second kappa shape index (κ2) is 8.06. The van der Waals surface area contributed by atoms with Gasteiger partial charge in [-0.25, -0.2) is 8.42 Å². The second-order valence-corrected chi connectivity index (χ2v) is 9.51. The molecule has 1 aliphatic rings. The second-order valence-electron chi connectivity index (χ2n) is 6.41. The number of carbonyl (C=O) groups is 1. The highest BCUT2D eigenvalue weighted by molar-refractivity contribution is 14.1. The number of rotatable bonds is 4. The predicted octanol–water partition coefficient (Wildman–Crippen LogP) is 4.03. The van der Waals surface area contributed by atoms with Gasteiger partial charge in [0.05, 0.1) is 4.90 Å². The largest absolute Gasteiger partial charge is 0.322 e. The van der Waals surface area contributed by atoms with Gasteiger partial charge >= 0.3 is 0 Å². The fourth-order valence-electron chi connectivity index (χ4n) is 2.93. The molecule has 138 valence electrons. The van der Waals surface area contributed by atoms with Crippen LogP contribution < -0.4 is 5.32 Å². The Labute approximate surface area is 168 Å². The van der Waals surface area contributed by atoms with E-state index in [1.165, 1.54) is 10.4 Å². The first kappa shape index (κ1) is 19.3. The smallest absolute Gasteiger partial charge is 0.255 e. The van der Waals surface area contributed by atoms with Crippen molar-refractivity contribution in [3.63, 3.8) is 0 Å². The average Bonchev–Trinajstić information content (AvgIpc) is 2.65. The van der Waals surface area contributed by atoms with Gasteiger partial charge in [0.15, 0.2) is 0 Å². The van der Waals surface area contributed by atoms with Gasteiger partial charge in [-0.2, -0.15) is 4.31 Å². The zero-order chi connectivity index (χ0) is 18.7. The molecule has 0 aromatic heterocycles. The van der Waals surface area contributed by atoms with Gasteiger partial charge in [0.25, 0.3) is 5.91 Å². The van der Waals surface area contributed by atoms with Gasteiger partial charge in [-0.05, 0) is 78.3 Å². The minimum Gasteiger partial charge on any atom is -0.322 e. The number of benzene rings is 2. The van der Waals surface area contributed by atoms with Gasteiger partial charge in [-0.3, -0.25) is 4.79 Å². The molecule has 0 spiro atoms. The van der Waals surface area contributed by atoms with Crippen molar-refractivity contribution in [2.75, 3.05) is 18.4 Å². The Morgan fingerprint density at radius 1 is 1.08 bits per heavy atom. The molecular weight excluding hydrogens is 463 g/mol. The number of sulfonamides is 1. The van der Waals surface area contributed by atoms with Crippen LogP contribution in [0.2, 0.25) is 0 Å². The van der Waals surface area contributed by atoms with E-state index in [4.69, 9.17) is 0 Å². The van der Waals surface area contributed by atoms with Gasteiger partial charge < -0.3 is 5.32 Å². The summed E-state index contributed by atoms with van der Waals surface area (Å²) in [6.45, 7) is 3.10. The first-order valence-electron chi connectivity index (χ1n) is 8.55. The van der Waals surface area contributed by atoms with Gasteiger partial charge in [-0.1, -0.05) is 18.6 Å². The lowest BCUT2D eigenvalue weighted by Crippen LogP contribution is -2.35. The SMILES string of the molecule is Cc1ccc(C(=O)Nc2cccc(S(=O)(=O)N3CCCCC3)c2)cc1I. The molecule has 0 atom stereocenters. The lowest BCUT2D eigenvalue weighted by atomic mass is 10.1. The van der Waals surface area contributed by atoms with Crippen LogP contribution in [0.4, 0.5) is 5.69 Å². The van der Waals surface area contributed by atoms with E-state index in [2.05, 4.69) is 27.9 Å². The lowest BCUT2D eigenvalue weighted by molar-refractivity contribution is 0.102. The van der Waals surface area contributed by atoms with E-state index < -0.39 is 10.0 Å². The molecule has 1 aliphatic heterocycles. The van der Waals surface area contributed by atoms with Crippen LogP contribution in [0, 0.1) is 10.5 Å². The minimum atomic E-state index is -3.52. The lowest BCUT2D eigenvalue weighted by Gasteiger charge is -2.26. The van der Waals surface area contributed by atoms with Gasteiger partial charge in [0.2, 0.25) is 10.0 Å². The normalized spacial score (nSPS) is 15.6. The standard InChI is InChI=1S/C19H21IN2O3S/c1-14-8-9-15(12-18(14)20)19(23)21-16-6-5-7-17(13-16)26(24,25)22-10-3-2-4-11-22/h5-9,12-13H,2-4,10-11H2,1H3,(H,21,23). The molecule has 0 radical (unpaired) electrons. The molecule has 1 N–H and O–H groups in total. The van der Waals surface area contributed by atoms with Crippen molar-refractivity contribution in [3.8, 4) is 0 Å². The van der Waals surface area contributed by atoms with E-state index in [1.54, 1.807) is 24.3 Å². The van der Waals surface area contributed by atoms with Crippen LogP contribution in [0.1, 0.15) is 35.2 Å². The number of halogens is 1. The topological polar surface area (TPSA) is 66.5 Å². The summed E-state index contributed by atoms with van der Waals surface area (Å²) < 4.78 is 28.1. The zero-order valence-electron chi connectivity index (χ0n) is 14.5. The third kappa shape index (κ3) is 4.27. The van der Waals surface area contributed by atoms with E-state index in [-0.39, 0.29) is 10.8 Å². The number of carbonyl (C=O) groups excluding carboxylic acids is 1. The Bertz CT molecular complexity index is 922. The third-order valence-corrected chi connectivity index (χ3v) is 7.54. The molecule has 2 aromatic carbocycles. The van der Waals surface area contributed by atoms with Crippen LogP contribution in [0.3, 0.4) is 0 Å². The Morgan fingerprint density at radius 3 is 2.50 bits per heavy atom. The molecule has 1 fully saturated rings. The van der Waals surface area contributed by atoms with Crippen molar-refractivity contribution in [3.05, 3.63) is 57.2 Å². The third-order valence-electron chi connectivity index (χ3n) is 4.48. The van der Waals surface area contributed by atoms with Crippen molar-refractivity contribution in [1.29, 1.82) is 0 Å². The maximum absolute atomic E-state index is 12.8. The Kier molecular flexibility index (Phi) is 5.99. The van der Waals surface area contributed by atoms with Gasteiger partial charge in [-0.15, -0.1) is 0 Å². The molecule has 0 aliphatic carbocycles. The van der Waals surface area contributed by atoms with Crippen LogP contribution in [0.25, 0.3) is 0 Å². The van der Waals surface area contributed by atoms with Crippen molar-refractivity contribution >= 4 is 44.2 Å². The molecule has 7 heteroatoms. The molecule has 1 amide bonds. The van der Waals surface area contributed by atoms with Gasteiger partial charge in [0, 0.05) is 27.9 Å². The fourth-order valence-corrected chi connectivity index (χ4v) is 5.00. The number of nitrogens with zero attached hydrogens (tertiary/aromatic N) is 1. The summed E-state index contributed by atoms with van der Waals surface area (Å²) in [5, 5.41) is 2.80. The van der Waals surface area contributed by atoms with Gasteiger partial charge in [0.1, 0.15) is 0 Å². The van der Waals surface area contributed by atoms with Crippen LogP contribution in [-0.2, 0) is 10.0 Å². The Morgan fingerprint density at radius 2 is 1.81 bits per heavy atom. The van der Waals surface area contributed by atoms with Crippen LogP contribution in [0.15, 0.2) is 47.4 Å². The number of nitrogens with one attached hydrogen (secondary N) is 1. The molecule has 3 rings (SSSR count). The molecule has 1 heterocycles. The molecule has 0 unspecified atom stereocenters. The first-order chi connectivity index (χ1) is 12.4. The van der Waals surface area contributed by atoms with E-state index in [0.717, 1.165) is 28.4 Å². The van der Waals surface area contributed by atoms with Crippen molar-refractivity contribution < 1.29 is 13.2 Å². The highest BCUT2D eigenvalue weighted by Crippen LogP contribution is 2.23. The highest BCUT2D eigenvalue weighted by Gasteiger charge is 2.26. The molecule has 0 bridgehead atoms. The van der Waals surface area contributed by atoms with Crippen LogP contribution >= 0.6 is 22.6 Å². The summed E-state index contributed by atoms with van der Waals surface area (Å²) in [6, 6.07) is 11.9. The van der Waals surface area contributed by atoms with Crippen molar-refractivity contribution in [2.24, 2.45) is 0 Å². The summed E-state index contributed by atoms with van der Waals surface area (Å²) >= 11 is 2.19. The Balaban J connectivity index is 1.80. The quantitative estimate of drug-likeness (QED) is 0.667. The van der Waals surface area contributed by atoms with E-state index in [1.807, 2.05) is 19.1 Å². The number of amides is 1. The number of piperidine rings is 1. The van der Waals surface area contributed by atoms with E-state index >= 15 is 0 Å². The molecule has 1 saturated heterocycles. The molecule has 26 heavy (non-hydrogen) atoms. The summed E-state index contributed by atoms with van der Waals surface area (Å²) in [5.41, 5.74) is 2.13. The summed E-state index contributed by atoms with van der Waals surface area (Å²) in [4.78, 5) is 12.7. The van der Waals surface area contributed by atoms with E-state index in [9.17, 15) is 13.2 Å². The number of hydrogen-bond donors (Lipinski definition) is 1. The minimum absolute atomic E-state index is 0.218. The average molecular weight is 484 g/mol. The fraction of sp³-hybridized carbons (Fsp3) is 0.316. The van der Waals surface area contributed by atoms with Crippen molar-refractivity contribution in [2.45, 2.75) is 31.1 Å². The zero-order valence-corrected chi connectivity index (χ0v) is 17.5. The summed E-state index contributed by atoms with van der Waals surface area (Å²) in [7, 11) is -3.52. The Hall–Kier alpha value is -1.45. The molecule has 5 nitrogen and oxygen atoms in total. The summed E-state index contributed by atoms with van der Waals surface area (Å²) in [6.07, 6.45) is 2.85. The van der Waals surface area contributed by atoms with Crippen molar-refractivity contribution in [1.82, 2.24) is 4.31 Å². The van der Waals surface area contributed by atoms with Crippen LogP contribution in [0.5, 0.6) is 0 Å².